The van der Waals surface area contributed by atoms with Gasteiger partial charge in [-0.1, -0.05) is 79.5 Å². The second-order valence-electron chi connectivity index (χ2n) is 7.79. The van der Waals surface area contributed by atoms with Crippen molar-refractivity contribution in [2.75, 3.05) is 0 Å². The van der Waals surface area contributed by atoms with Crippen LogP contribution in [0.1, 0.15) is 32.6 Å². The molecule has 2 nitrogen and oxygen atoms in total. The molecule has 0 bridgehead atoms. The molecule has 0 heterocycles. The molecule has 1 fully saturated rings. The summed E-state index contributed by atoms with van der Waals surface area (Å²) in [5, 5.41) is 3.29. The lowest BCUT2D eigenvalue weighted by atomic mass is 10.2. The van der Waals surface area contributed by atoms with Crippen molar-refractivity contribution in [1.29, 1.82) is 0 Å². The van der Waals surface area contributed by atoms with E-state index in [0.29, 0.717) is 6.42 Å². The van der Waals surface area contributed by atoms with Crippen molar-refractivity contribution in [3.63, 3.8) is 0 Å². The summed E-state index contributed by atoms with van der Waals surface area (Å²) in [6, 6.07) is 30.9. The largest absolute Gasteiger partial charge is 1.00 e. The lowest BCUT2D eigenvalue weighted by Gasteiger charge is -2.38. The molecule has 1 aliphatic carbocycles. The summed E-state index contributed by atoms with van der Waals surface area (Å²) < 4.78 is 4.73. The molecule has 0 aromatic heterocycles. The fourth-order valence-corrected chi connectivity index (χ4v) is 10.2. The van der Waals surface area contributed by atoms with Crippen molar-refractivity contribution < 1.29 is 21.9 Å². The number of carbonyl (C=O) groups excluding carboxylic acids is 1. The van der Waals surface area contributed by atoms with E-state index in [1.807, 2.05) is 54.6 Å². The molecular formula is C26H27Cl2O2P. The Bertz CT molecular complexity index is 881. The number of esters is 1. The van der Waals surface area contributed by atoms with Crippen LogP contribution in [-0.4, -0.2) is 16.7 Å². The van der Waals surface area contributed by atoms with Crippen molar-refractivity contribution >= 4 is 40.7 Å². The molecule has 3 aromatic carbocycles. The first-order valence-electron chi connectivity index (χ1n) is 10.6. The Labute approximate surface area is 196 Å². The summed E-state index contributed by atoms with van der Waals surface area (Å²) in [4.78, 5) is 13.7. The zero-order valence-electron chi connectivity index (χ0n) is 17.6. The van der Waals surface area contributed by atoms with Crippen LogP contribution in [0.2, 0.25) is 0 Å². The average Bonchev–Trinajstić information content (AvgIpc) is 3.61. The van der Waals surface area contributed by atoms with Crippen LogP contribution < -0.4 is 28.3 Å². The van der Waals surface area contributed by atoms with Gasteiger partial charge in [0, 0.05) is 6.42 Å². The maximum Gasteiger partial charge on any atom is 0.367 e. The Balaban J connectivity index is 0.00000272. The van der Waals surface area contributed by atoms with Crippen molar-refractivity contribution in [2.24, 2.45) is 0 Å². The first kappa shape index (κ1) is 23.8. The number of hydrogen-bond donors (Lipinski definition) is 0. The molecule has 162 valence electrons. The predicted octanol–water partition coefficient (Wildman–Crippen LogP) is 2.43. The average molecular weight is 473 g/mol. The Morgan fingerprint density at radius 3 is 1.58 bits per heavy atom. The van der Waals surface area contributed by atoms with E-state index in [-0.39, 0.29) is 24.5 Å². The van der Waals surface area contributed by atoms with E-state index in [4.69, 9.17) is 16.3 Å². The van der Waals surface area contributed by atoms with E-state index in [2.05, 4.69) is 43.3 Å². The normalized spacial score (nSPS) is 15.4. The number of benzene rings is 3. The second kappa shape index (κ2) is 10.2. The Morgan fingerprint density at radius 1 is 0.871 bits per heavy atom. The van der Waals surface area contributed by atoms with Crippen molar-refractivity contribution in [2.45, 2.75) is 43.3 Å². The molecule has 4 rings (SSSR count). The van der Waals surface area contributed by atoms with Gasteiger partial charge in [0.2, 0.25) is 0 Å². The van der Waals surface area contributed by atoms with Gasteiger partial charge in [0.05, 0.1) is 0 Å². The van der Waals surface area contributed by atoms with Gasteiger partial charge >= 0.3 is 5.97 Å². The molecule has 1 atom stereocenters. The fourth-order valence-electron chi connectivity index (χ4n) is 4.18. The minimum Gasteiger partial charge on any atom is -1.00 e. The van der Waals surface area contributed by atoms with Crippen LogP contribution in [0.25, 0.3) is 0 Å². The summed E-state index contributed by atoms with van der Waals surface area (Å²) in [6.07, 6.45) is 3.21. The molecule has 0 radical (unpaired) electrons. The molecule has 1 aliphatic rings. The minimum atomic E-state index is -2.59. The summed E-state index contributed by atoms with van der Waals surface area (Å²) in [6.45, 7) is 2.08. The van der Waals surface area contributed by atoms with Crippen molar-refractivity contribution in [3.8, 4) is 0 Å². The Morgan fingerprint density at radius 2 is 1.26 bits per heavy atom. The van der Waals surface area contributed by atoms with Gasteiger partial charge in [0.15, 0.2) is 0 Å². The Hall–Kier alpha value is -1.86. The standard InChI is InChI=1S/C26H27ClO2P.ClH/c1-2-20-26(27,25(28)29-21-18-19-21)30(22-12-6-3-7-13-22,23-14-8-4-9-15-23)24-16-10-5-11-17-24;/h3-17,21H,2,18-20H2,1H3;1H/q+1;/p-1. The molecule has 0 saturated heterocycles. The van der Waals surface area contributed by atoms with Crippen LogP contribution in [-0.2, 0) is 9.53 Å². The van der Waals surface area contributed by atoms with Gasteiger partial charge < -0.3 is 17.1 Å². The molecule has 0 N–H and O–H groups in total. The monoisotopic (exact) mass is 472 g/mol. The molecule has 0 aliphatic heterocycles. The molecule has 0 spiro atoms. The van der Waals surface area contributed by atoms with Crippen LogP contribution >= 0.6 is 18.9 Å². The van der Waals surface area contributed by atoms with Gasteiger partial charge in [-0.15, -0.1) is 0 Å². The number of ether oxygens (including phenoxy) is 1. The maximum atomic E-state index is 13.7. The highest BCUT2D eigenvalue weighted by atomic mass is 35.5. The van der Waals surface area contributed by atoms with Gasteiger partial charge in [-0.3, -0.25) is 0 Å². The molecule has 3 aromatic rings. The van der Waals surface area contributed by atoms with Crippen LogP contribution in [0.4, 0.5) is 0 Å². The highest BCUT2D eigenvalue weighted by Crippen LogP contribution is 2.69. The van der Waals surface area contributed by atoms with Gasteiger partial charge in [0.25, 0.3) is 4.62 Å². The SMILES string of the molecule is CCCC(Cl)(C(=O)OC1CC1)[P+](c1ccccc1)(c1ccccc1)c1ccccc1.[Cl-]. The topological polar surface area (TPSA) is 26.3 Å². The highest BCUT2D eigenvalue weighted by molar-refractivity contribution is 7.98. The van der Waals surface area contributed by atoms with Gasteiger partial charge in [-0.05, 0) is 49.2 Å². The third-order valence-electron chi connectivity index (χ3n) is 5.65. The third-order valence-corrected chi connectivity index (χ3v) is 11.4. The lowest BCUT2D eigenvalue weighted by Crippen LogP contribution is -3.00. The van der Waals surface area contributed by atoms with Gasteiger partial charge in [-0.25, -0.2) is 4.79 Å². The predicted molar refractivity (Wildman–Crippen MR) is 128 cm³/mol. The van der Waals surface area contributed by atoms with Crippen LogP contribution in [0.15, 0.2) is 91.0 Å². The number of rotatable bonds is 8. The molecule has 1 saturated carbocycles. The van der Waals surface area contributed by atoms with E-state index in [1.165, 1.54) is 0 Å². The van der Waals surface area contributed by atoms with Gasteiger partial charge in [0.1, 0.15) is 29.3 Å². The van der Waals surface area contributed by atoms with Gasteiger partial charge in [-0.2, -0.15) is 0 Å². The summed E-state index contributed by atoms with van der Waals surface area (Å²) >= 11 is 7.56. The minimum absolute atomic E-state index is 0. The zero-order valence-corrected chi connectivity index (χ0v) is 20.0. The molecule has 1 unspecified atom stereocenters. The number of hydrogen-bond acceptors (Lipinski definition) is 2. The number of halogens is 2. The van der Waals surface area contributed by atoms with Crippen molar-refractivity contribution in [3.05, 3.63) is 91.0 Å². The number of alkyl halides is 1. The number of carbonyl (C=O) groups is 1. The molecule has 5 heteroatoms. The highest BCUT2D eigenvalue weighted by Gasteiger charge is 2.67. The van der Waals surface area contributed by atoms with Crippen LogP contribution in [0.3, 0.4) is 0 Å². The molecular weight excluding hydrogens is 446 g/mol. The van der Waals surface area contributed by atoms with Crippen LogP contribution in [0, 0.1) is 0 Å². The van der Waals surface area contributed by atoms with Crippen LogP contribution in [0.5, 0.6) is 0 Å². The van der Waals surface area contributed by atoms with E-state index in [1.54, 1.807) is 0 Å². The first-order chi connectivity index (χ1) is 14.6. The maximum absolute atomic E-state index is 13.7. The first-order valence-corrected chi connectivity index (χ1v) is 12.8. The van der Waals surface area contributed by atoms with Crippen molar-refractivity contribution in [1.82, 2.24) is 0 Å². The quantitative estimate of drug-likeness (QED) is 0.286. The summed E-state index contributed by atoms with van der Waals surface area (Å²) in [5.41, 5.74) is 0. The van der Waals surface area contributed by atoms with E-state index < -0.39 is 11.9 Å². The zero-order chi connectivity index (χ0) is 21.0. The lowest BCUT2D eigenvalue weighted by molar-refractivity contribution is -0.145. The molecule has 0 amide bonds. The van der Waals surface area contributed by atoms with E-state index in [0.717, 1.165) is 35.2 Å². The summed E-state index contributed by atoms with van der Waals surface area (Å²) in [5.74, 6) is -0.279. The molecule has 31 heavy (non-hydrogen) atoms. The van der Waals surface area contributed by atoms with E-state index in [9.17, 15) is 4.79 Å². The van der Waals surface area contributed by atoms with E-state index >= 15 is 0 Å². The third kappa shape index (κ3) is 4.40. The fraction of sp³-hybridized carbons (Fsp3) is 0.269. The summed E-state index contributed by atoms with van der Waals surface area (Å²) in [7, 11) is -2.59. The smallest absolute Gasteiger partial charge is 0.367 e. The second-order valence-corrected chi connectivity index (χ2v) is 12.4. The Kier molecular flexibility index (Phi) is 7.81.